The summed E-state index contributed by atoms with van der Waals surface area (Å²) in [7, 11) is 0. The smallest absolute Gasteiger partial charge is 0.199 e. The first-order valence-electron chi connectivity index (χ1n) is 5.32. The highest BCUT2D eigenvalue weighted by molar-refractivity contribution is 5.40. The molecule has 1 aromatic rings. The fourth-order valence-corrected chi connectivity index (χ4v) is 1.60. The van der Waals surface area contributed by atoms with Crippen molar-refractivity contribution in [3.8, 4) is 5.75 Å². The first-order valence-corrected chi connectivity index (χ1v) is 5.32. The Hall–Kier alpha value is -1.71. The topological polar surface area (TPSA) is 67.2 Å². The Bertz CT molecular complexity index is 379. The quantitative estimate of drug-likeness (QED) is 0.443. The number of nitrogens with zero attached hydrogens (tertiary/aromatic N) is 3. The molecule has 1 atom stereocenters. The summed E-state index contributed by atoms with van der Waals surface area (Å²) in [6, 6.07) is 7.00. The molecule has 0 radical (unpaired) electrons. The van der Waals surface area contributed by atoms with Crippen LogP contribution in [0, 0.1) is 0 Å². The van der Waals surface area contributed by atoms with Crippen LogP contribution >= 0.6 is 0 Å². The summed E-state index contributed by atoms with van der Waals surface area (Å²) in [4.78, 5) is 2.71. The molecule has 1 fully saturated rings. The molecule has 0 amide bonds. The summed E-state index contributed by atoms with van der Waals surface area (Å²) < 4.78 is 11.1. The molecular weight excluding hydrogens is 206 g/mol. The second-order valence-corrected chi connectivity index (χ2v) is 3.60. The van der Waals surface area contributed by atoms with E-state index in [0.717, 1.165) is 31.6 Å². The first kappa shape index (κ1) is 10.8. The van der Waals surface area contributed by atoms with E-state index in [-0.39, 0.29) is 6.29 Å². The van der Waals surface area contributed by atoms with Gasteiger partial charge in [0.25, 0.3) is 0 Å². The van der Waals surface area contributed by atoms with Crippen molar-refractivity contribution < 1.29 is 9.47 Å². The Morgan fingerprint density at radius 1 is 1.31 bits per heavy atom. The number of rotatable bonds is 3. The highest BCUT2D eigenvalue weighted by Crippen LogP contribution is 2.22. The van der Waals surface area contributed by atoms with Crippen LogP contribution in [0.1, 0.15) is 19.3 Å². The fourth-order valence-electron chi connectivity index (χ4n) is 1.60. The second kappa shape index (κ2) is 5.39. The molecule has 5 nitrogen and oxygen atoms in total. The van der Waals surface area contributed by atoms with E-state index >= 15 is 0 Å². The van der Waals surface area contributed by atoms with Crippen LogP contribution in [0.4, 0.5) is 5.69 Å². The summed E-state index contributed by atoms with van der Waals surface area (Å²) in [6.07, 6.45) is 3.04. The Balaban J connectivity index is 1.96. The second-order valence-electron chi connectivity index (χ2n) is 3.60. The third-order valence-electron chi connectivity index (χ3n) is 2.40. The zero-order chi connectivity index (χ0) is 11.2. The standard InChI is InChI=1S/C11H13N3O2/c12-14-13-9-4-6-10(7-5-9)16-11-3-1-2-8-15-11/h4-7,11H,1-3,8H2. The lowest BCUT2D eigenvalue weighted by Gasteiger charge is -2.23. The van der Waals surface area contributed by atoms with Crippen LogP contribution < -0.4 is 4.74 Å². The highest BCUT2D eigenvalue weighted by atomic mass is 16.7. The maximum absolute atomic E-state index is 8.26. The number of hydrogen-bond acceptors (Lipinski definition) is 3. The molecule has 0 aliphatic carbocycles. The summed E-state index contributed by atoms with van der Waals surface area (Å²) in [5, 5.41) is 3.49. The SMILES string of the molecule is [N-]=[N+]=Nc1ccc(OC2CCCCO2)cc1. The van der Waals surface area contributed by atoms with E-state index in [1.165, 1.54) is 0 Å². The molecule has 1 saturated heterocycles. The summed E-state index contributed by atoms with van der Waals surface area (Å²) in [5.41, 5.74) is 8.84. The van der Waals surface area contributed by atoms with Crippen LogP contribution in [0.25, 0.3) is 10.4 Å². The van der Waals surface area contributed by atoms with Gasteiger partial charge in [0.1, 0.15) is 5.75 Å². The average molecular weight is 219 g/mol. The number of azide groups is 1. The summed E-state index contributed by atoms with van der Waals surface area (Å²) in [5.74, 6) is 0.740. The fraction of sp³-hybridized carbons (Fsp3) is 0.455. The molecule has 0 aromatic heterocycles. The normalized spacial score (nSPS) is 19.9. The predicted octanol–water partition coefficient (Wildman–Crippen LogP) is 3.53. The molecule has 1 aliphatic rings. The minimum atomic E-state index is -0.140. The van der Waals surface area contributed by atoms with Crippen molar-refractivity contribution in [1.29, 1.82) is 0 Å². The minimum Gasteiger partial charge on any atom is -0.465 e. The van der Waals surface area contributed by atoms with Crippen molar-refractivity contribution in [2.24, 2.45) is 5.11 Å². The van der Waals surface area contributed by atoms with E-state index in [4.69, 9.17) is 15.0 Å². The maximum atomic E-state index is 8.26. The van der Waals surface area contributed by atoms with Crippen LogP contribution in [0.5, 0.6) is 5.75 Å². The van der Waals surface area contributed by atoms with Crippen molar-refractivity contribution in [1.82, 2.24) is 0 Å². The molecule has 84 valence electrons. The van der Waals surface area contributed by atoms with E-state index < -0.39 is 0 Å². The molecule has 2 rings (SSSR count). The van der Waals surface area contributed by atoms with Crippen molar-refractivity contribution in [2.75, 3.05) is 6.61 Å². The van der Waals surface area contributed by atoms with Crippen molar-refractivity contribution in [3.63, 3.8) is 0 Å². The van der Waals surface area contributed by atoms with Gasteiger partial charge in [0.05, 0.1) is 6.61 Å². The molecule has 0 spiro atoms. The molecule has 1 heterocycles. The molecule has 0 bridgehead atoms. The van der Waals surface area contributed by atoms with E-state index in [1.807, 2.05) is 0 Å². The third-order valence-corrected chi connectivity index (χ3v) is 2.40. The van der Waals surface area contributed by atoms with Gasteiger partial charge >= 0.3 is 0 Å². The van der Waals surface area contributed by atoms with Crippen molar-refractivity contribution in [3.05, 3.63) is 34.7 Å². The van der Waals surface area contributed by atoms with E-state index in [9.17, 15) is 0 Å². The lowest BCUT2D eigenvalue weighted by atomic mass is 10.2. The average Bonchev–Trinajstić information content (AvgIpc) is 2.33. The van der Waals surface area contributed by atoms with Crippen LogP contribution in [0.15, 0.2) is 29.4 Å². The van der Waals surface area contributed by atoms with Gasteiger partial charge in [-0.05, 0) is 42.6 Å². The summed E-state index contributed by atoms with van der Waals surface area (Å²) in [6.45, 7) is 0.765. The third kappa shape index (κ3) is 2.89. The van der Waals surface area contributed by atoms with Crippen LogP contribution in [0.2, 0.25) is 0 Å². The molecule has 0 N–H and O–H groups in total. The summed E-state index contributed by atoms with van der Waals surface area (Å²) >= 11 is 0. The zero-order valence-electron chi connectivity index (χ0n) is 8.87. The largest absolute Gasteiger partial charge is 0.465 e. The van der Waals surface area contributed by atoms with E-state index in [1.54, 1.807) is 24.3 Å². The minimum absolute atomic E-state index is 0.140. The molecule has 5 heteroatoms. The first-order chi connectivity index (χ1) is 7.88. The van der Waals surface area contributed by atoms with E-state index in [2.05, 4.69) is 10.0 Å². The van der Waals surface area contributed by atoms with Crippen molar-refractivity contribution in [2.45, 2.75) is 25.6 Å². The van der Waals surface area contributed by atoms with Crippen molar-refractivity contribution >= 4 is 5.69 Å². The van der Waals surface area contributed by atoms with Gasteiger partial charge in [-0.15, -0.1) is 0 Å². The van der Waals surface area contributed by atoms with Gasteiger partial charge in [0.15, 0.2) is 6.29 Å². The number of hydrogen-bond donors (Lipinski definition) is 0. The lowest BCUT2D eigenvalue weighted by molar-refractivity contribution is -0.105. The van der Waals surface area contributed by atoms with Gasteiger partial charge in [-0.25, -0.2) is 0 Å². The molecule has 16 heavy (non-hydrogen) atoms. The monoisotopic (exact) mass is 219 g/mol. The maximum Gasteiger partial charge on any atom is 0.199 e. The Morgan fingerprint density at radius 2 is 2.12 bits per heavy atom. The molecule has 1 unspecified atom stereocenters. The zero-order valence-corrected chi connectivity index (χ0v) is 8.87. The van der Waals surface area contributed by atoms with Gasteiger partial charge in [-0.3, -0.25) is 0 Å². The molecular formula is C11H13N3O2. The predicted molar refractivity (Wildman–Crippen MR) is 59.5 cm³/mol. The Morgan fingerprint density at radius 3 is 2.75 bits per heavy atom. The molecule has 0 saturated carbocycles. The van der Waals surface area contributed by atoms with Crippen LogP contribution in [0.3, 0.4) is 0 Å². The number of ether oxygens (including phenoxy) is 2. The highest BCUT2D eigenvalue weighted by Gasteiger charge is 2.14. The Kier molecular flexibility index (Phi) is 3.64. The van der Waals surface area contributed by atoms with Gasteiger partial charge in [-0.1, -0.05) is 5.11 Å². The molecule has 1 aromatic carbocycles. The van der Waals surface area contributed by atoms with Gasteiger partial charge in [0.2, 0.25) is 0 Å². The van der Waals surface area contributed by atoms with Gasteiger partial charge in [0, 0.05) is 17.0 Å². The van der Waals surface area contributed by atoms with Gasteiger partial charge < -0.3 is 9.47 Å². The lowest BCUT2D eigenvalue weighted by Crippen LogP contribution is -2.24. The van der Waals surface area contributed by atoms with Crippen LogP contribution in [-0.2, 0) is 4.74 Å². The van der Waals surface area contributed by atoms with Gasteiger partial charge in [-0.2, -0.15) is 0 Å². The van der Waals surface area contributed by atoms with E-state index in [0.29, 0.717) is 5.69 Å². The Labute approximate surface area is 93.6 Å². The number of benzene rings is 1. The molecule has 1 aliphatic heterocycles. The van der Waals surface area contributed by atoms with Crippen LogP contribution in [-0.4, -0.2) is 12.9 Å².